The molecule has 1 atom stereocenters. The van der Waals surface area contributed by atoms with E-state index in [1.807, 2.05) is 31.2 Å². The van der Waals surface area contributed by atoms with Crippen LogP contribution in [-0.2, 0) is 24.3 Å². The second-order valence-corrected chi connectivity index (χ2v) is 8.73. The average Bonchev–Trinajstić information content (AvgIpc) is 2.67. The molecule has 154 valence electrons. The maximum atomic E-state index is 12.3. The first-order valence-corrected chi connectivity index (χ1v) is 10.3. The fourth-order valence-corrected chi connectivity index (χ4v) is 3.34. The first kappa shape index (κ1) is 22.3. The van der Waals surface area contributed by atoms with E-state index in [4.69, 9.17) is 4.74 Å². The summed E-state index contributed by atoms with van der Waals surface area (Å²) < 4.78 is 30.6. The second-order valence-electron chi connectivity index (χ2n) is 6.57. The zero-order valence-corrected chi connectivity index (χ0v) is 17.6. The van der Waals surface area contributed by atoms with Crippen molar-refractivity contribution in [3.05, 3.63) is 65.7 Å². The quantitative estimate of drug-likeness (QED) is 0.553. The lowest BCUT2D eigenvalue weighted by molar-refractivity contribution is -0.148. The molecule has 0 aliphatic rings. The van der Waals surface area contributed by atoms with Gasteiger partial charge in [-0.1, -0.05) is 30.3 Å². The highest BCUT2D eigenvalue weighted by molar-refractivity contribution is 7.89. The van der Waals surface area contributed by atoms with Crippen LogP contribution in [0.4, 0.5) is 5.69 Å². The number of aryl methyl sites for hydroxylation is 1. The van der Waals surface area contributed by atoms with Crippen LogP contribution in [0.2, 0.25) is 0 Å². The molecule has 0 aromatic heterocycles. The molecule has 1 amide bonds. The van der Waals surface area contributed by atoms with Crippen molar-refractivity contribution in [2.45, 2.75) is 24.8 Å². The third-order valence-electron chi connectivity index (χ3n) is 4.13. The summed E-state index contributed by atoms with van der Waals surface area (Å²) in [5.41, 5.74) is 2.17. The Morgan fingerprint density at radius 1 is 1.10 bits per heavy atom. The topological polar surface area (TPSA) is 92.8 Å². The Morgan fingerprint density at radius 2 is 1.79 bits per heavy atom. The van der Waals surface area contributed by atoms with Crippen molar-refractivity contribution in [3.8, 4) is 0 Å². The highest BCUT2D eigenvalue weighted by Gasteiger charge is 2.20. The van der Waals surface area contributed by atoms with Gasteiger partial charge in [0.2, 0.25) is 10.0 Å². The second kappa shape index (κ2) is 9.49. The molecule has 0 heterocycles. The van der Waals surface area contributed by atoms with Gasteiger partial charge >= 0.3 is 5.97 Å². The van der Waals surface area contributed by atoms with Crippen LogP contribution in [0.5, 0.6) is 0 Å². The van der Waals surface area contributed by atoms with E-state index in [9.17, 15) is 18.0 Å². The monoisotopic (exact) mass is 416 g/mol. The van der Waals surface area contributed by atoms with Gasteiger partial charge in [0.1, 0.15) is 0 Å². The first-order chi connectivity index (χ1) is 13.6. The Morgan fingerprint density at radius 3 is 2.45 bits per heavy atom. The normalized spacial score (nSPS) is 12.7. The molecule has 0 fully saturated rings. The number of carbonyl (C=O) groups is 2. The predicted molar refractivity (Wildman–Crippen MR) is 112 cm³/mol. The summed E-state index contributed by atoms with van der Waals surface area (Å²) in [5, 5.41) is 2.56. The van der Waals surface area contributed by atoms with Crippen LogP contribution < -0.4 is 5.32 Å². The predicted octanol–water partition coefficient (Wildman–Crippen LogP) is 2.83. The van der Waals surface area contributed by atoms with Gasteiger partial charge in [0.15, 0.2) is 6.10 Å². The maximum Gasteiger partial charge on any atom is 0.331 e. The van der Waals surface area contributed by atoms with E-state index in [1.54, 1.807) is 12.1 Å². The molecule has 0 spiro atoms. The molecule has 7 nitrogen and oxygen atoms in total. The number of benzene rings is 2. The summed E-state index contributed by atoms with van der Waals surface area (Å²) in [6, 6.07) is 13.4. The van der Waals surface area contributed by atoms with Crippen LogP contribution in [-0.4, -0.2) is 44.8 Å². The number of carbonyl (C=O) groups excluding carboxylic acids is 2. The zero-order valence-electron chi connectivity index (χ0n) is 16.7. The number of hydrogen-bond donors (Lipinski definition) is 1. The molecule has 0 saturated carbocycles. The average molecular weight is 416 g/mol. The molecule has 0 aliphatic heterocycles. The fourth-order valence-electron chi connectivity index (χ4n) is 2.39. The summed E-state index contributed by atoms with van der Waals surface area (Å²) in [5.74, 6) is -1.22. The molecule has 1 N–H and O–H groups in total. The Bertz CT molecular complexity index is 1030. The van der Waals surface area contributed by atoms with Crippen molar-refractivity contribution in [2.75, 3.05) is 19.4 Å². The largest absolute Gasteiger partial charge is 0.449 e. The van der Waals surface area contributed by atoms with E-state index in [1.165, 1.54) is 45.3 Å². The molecule has 2 rings (SSSR count). The first-order valence-electron chi connectivity index (χ1n) is 8.89. The van der Waals surface area contributed by atoms with Gasteiger partial charge in [0.25, 0.3) is 5.91 Å². The molecule has 0 saturated heterocycles. The van der Waals surface area contributed by atoms with Crippen molar-refractivity contribution in [1.82, 2.24) is 4.31 Å². The number of sulfonamides is 1. The SMILES string of the molecule is Cc1ccccc1/C=C/C(=O)O[C@@H](C)C(=O)Nc1cccc(S(=O)(=O)N(C)C)c1. The highest BCUT2D eigenvalue weighted by atomic mass is 32.2. The lowest BCUT2D eigenvalue weighted by atomic mass is 10.1. The van der Waals surface area contributed by atoms with Crippen molar-refractivity contribution in [2.24, 2.45) is 0 Å². The number of esters is 1. The molecule has 29 heavy (non-hydrogen) atoms. The molecule has 0 radical (unpaired) electrons. The van der Waals surface area contributed by atoms with Gasteiger partial charge in [-0.2, -0.15) is 0 Å². The Hall–Kier alpha value is -2.97. The van der Waals surface area contributed by atoms with Gasteiger partial charge in [-0.3, -0.25) is 4.79 Å². The van der Waals surface area contributed by atoms with E-state index < -0.39 is 28.0 Å². The van der Waals surface area contributed by atoms with Crippen LogP contribution in [0.15, 0.2) is 59.5 Å². The van der Waals surface area contributed by atoms with Crippen LogP contribution >= 0.6 is 0 Å². The minimum Gasteiger partial charge on any atom is -0.449 e. The van der Waals surface area contributed by atoms with Crippen molar-refractivity contribution in [1.29, 1.82) is 0 Å². The lowest BCUT2D eigenvalue weighted by Crippen LogP contribution is -2.29. The van der Waals surface area contributed by atoms with Crippen molar-refractivity contribution >= 4 is 33.7 Å². The Kier molecular flexibility index (Phi) is 7.30. The molecular formula is C21H24N2O5S. The highest BCUT2D eigenvalue weighted by Crippen LogP contribution is 2.18. The van der Waals surface area contributed by atoms with Gasteiger partial charge < -0.3 is 10.1 Å². The van der Waals surface area contributed by atoms with Crippen molar-refractivity contribution < 1.29 is 22.7 Å². The number of ether oxygens (including phenoxy) is 1. The standard InChI is InChI=1S/C21H24N2O5S/c1-15-8-5-6-9-17(15)12-13-20(24)28-16(2)21(25)22-18-10-7-11-19(14-18)29(26,27)23(3)4/h5-14,16H,1-4H3,(H,22,25)/b13-12+/t16-/m0/s1. The van der Waals surface area contributed by atoms with Crippen LogP contribution in [0, 0.1) is 6.92 Å². The van der Waals surface area contributed by atoms with E-state index in [2.05, 4.69) is 5.32 Å². The number of amides is 1. The fraction of sp³-hybridized carbons (Fsp3) is 0.238. The number of anilines is 1. The summed E-state index contributed by atoms with van der Waals surface area (Å²) >= 11 is 0. The van der Waals surface area contributed by atoms with Crippen LogP contribution in [0.25, 0.3) is 6.08 Å². The number of hydrogen-bond acceptors (Lipinski definition) is 5. The molecular weight excluding hydrogens is 392 g/mol. The maximum absolute atomic E-state index is 12.3. The number of nitrogens with one attached hydrogen (secondary N) is 1. The molecule has 8 heteroatoms. The summed E-state index contributed by atoms with van der Waals surface area (Å²) in [6.07, 6.45) is 1.83. The zero-order chi connectivity index (χ0) is 21.6. The van der Waals surface area contributed by atoms with Gasteiger partial charge in [-0.15, -0.1) is 0 Å². The summed E-state index contributed by atoms with van der Waals surface area (Å²) in [4.78, 5) is 24.3. The van der Waals surface area contributed by atoms with E-state index >= 15 is 0 Å². The Labute approximate surface area is 171 Å². The van der Waals surface area contributed by atoms with Gasteiger partial charge in [-0.05, 0) is 49.2 Å². The summed E-state index contributed by atoms with van der Waals surface area (Å²) in [7, 11) is -0.778. The summed E-state index contributed by atoms with van der Waals surface area (Å²) in [6.45, 7) is 3.36. The van der Waals surface area contributed by atoms with Gasteiger partial charge in [-0.25, -0.2) is 17.5 Å². The third-order valence-corrected chi connectivity index (χ3v) is 5.94. The van der Waals surface area contributed by atoms with Crippen LogP contribution in [0.3, 0.4) is 0 Å². The minimum absolute atomic E-state index is 0.0473. The van der Waals surface area contributed by atoms with E-state index in [0.29, 0.717) is 0 Å². The number of rotatable bonds is 7. The lowest BCUT2D eigenvalue weighted by Gasteiger charge is -2.14. The van der Waals surface area contributed by atoms with E-state index in [-0.39, 0.29) is 10.6 Å². The molecule has 0 bridgehead atoms. The molecule has 2 aromatic carbocycles. The molecule has 2 aromatic rings. The van der Waals surface area contributed by atoms with Crippen LogP contribution in [0.1, 0.15) is 18.1 Å². The minimum atomic E-state index is -3.62. The smallest absolute Gasteiger partial charge is 0.331 e. The van der Waals surface area contributed by atoms with Crippen molar-refractivity contribution in [3.63, 3.8) is 0 Å². The molecule has 0 unspecified atom stereocenters. The van der Waals surface area contributed by atoms with E-state index in [0.717, 1.165) is 15.4 Å². The molecule has 0 aliphatic carbocycles. The number of nitrogens with zero attached hydrogens (tertiary/aromatic N) is 1. The Balaban J connectivity index is 2.01. The van der Waals surface area contributed by atoms with Gasteiger partial charge in [0.05, 0.1) is 4.90 Å². The third kappa shape index (κ3) is 6.00. The van der Waals surface area contributed by atoms with Gasteiger partial charge in [0, 0.05) is 25.9 Å².